The number of likely N-dealkylation sites (tertiary alicyclic amines) is 2. The molecule has 1 unspecified atom stereocenters. The third-order valence-electron chi connectivity index (χ3n) is 4.13. The van der Waals surface area contributed by atoms with Crippen LogP contribution in [0.3, 0.4) is 0 Å². The van der Waals surface area contributed by atoms with E-state index in [1.807, 2.05) is 9.80 Å². The van der Waals surface area contributed by atoms with Crippen LogP contribution in [0.25, 0.3) is 0 Å². The minimum Gasteiger partial charge on any atom is -0.343 e. The third kappa shape index (κ3) is 3.24. The Bertz CT molecular complexity index is 317. The van der Waals surface area contributed by atoms with Crippen molar-refractivity contribution in [2.24, 2.45) is 0 Å². The highest BCUT2D eigenvalue weighted by Crippen LogP contribution is 2.17. The van der Waals surface area contributed by atoms with Crippen molar-refractivity contribution in [2.75, 3.05) is 19.6 Å². The van der Waals surface area contributed by atoms with Crippen LogP contribution in [0.5, 0.6) is 0 Å². The summed E-state index contributed by atoms with van der Waals surface area (Å²) in [6.45, 7) is 4.72. The topological polar surface area (TPSA) is 40.6 Å². The van der Waals surface area contributed by atoms with Crippen molar-refractivity contribution < 1.29 is 9.59 Å². The lowest BCUT2D eigenvalue weighted by molar-refractivity contribution is -0.136. The van der Waals surface area contributed by atoms with Crippen molar-refractivity contribution in [3.63, 3.8) is 0 Å². The van der Waals surface area contributed by atoms with E-state index in [0.29, 0.717) is 24.7 Å². The molecule has 2 heterocycles. The Kier molecular flexibility index (Phi) is 4.61. The standard InChI is InChI=1S/C14H24N2O2/c1-12(16-10-5-3-7-14(16)18)8-11-15-9-4-2-6-13(15)17/h12H,2-11H2,1H3. The van der Waals surface area contributed by atoms with Gasteiger partial charge in [-0.05, 0) is 39.0 Å². The van der Waals surface area contributed by atoms with Crippen LogP contribution in [0, 0.1) is 0 Å². The van der Waals surface area contributed by atoms with Crippen LogP contribution in [0.15, 0.2) is 0 Å². The van der Waals surface area contributed by atoms with E-state index in [4.69, 9.17) is 0 Å². The van der Waals surface area contributed by atoms with Crippen molar-refractivity contribution in [3.8, 4) is 0 Å². The molecule has 0 saturated carbocycles. The summed E-state index contributed by atoms with van der Waals surface area (Å²) in [5.41, 5.74) is 0. The number of carbonyl (C=O) groups is 2. The second-order valence-corrected chi connectivity index (χ2v) is 5.52. The maximum absolute atomic E-state index is 11.8. The monoisotopic (exact) mass is 252 g/mol. The Balaban J connectivity index is 1.78. The van der Waals surface area contributed by atoms with Gasteiger partial charge in [0, 0.05) is 38.5 Å². The van der Waals surface area contributed by atoms with E-state index in [1.165, 1.54) is 0 Å². The van der Waals surface area contributed by atoms with Gasteiger partial charge in [-0.2, -0.15) is 0 Å². The molecular weight excluding hydrogens is 228 g/mol. The average Bonchev–Trinajstić information content (AvgIpc) is 2.38. The fraction of sp³-hybridized carbons (Fsp3) is 0.857. The number of piperidine rings is 2. The minimum absolute atomic E-state index is 0.271. The first-order valence-corrected chi connectivity index (χ1v) is 7.26. The summed E-state index contributed by atoms with van der Waals surface area (Å²) >= 11 is 0. The predicted octanol–water partition coefficient (Wildman–Crippen LogP) is 1.79. The molecule has 2 fully saturated rings. The molecule has 2 aliphatic rings. The molecule has 0 radical (unpaired) electrons. The van der Waals surface area contributed by atoms with Crippen molar-refractivity contribution in [1.82, 2.24) is 9.80 Å². The van der Waals surface area contributed by atoms with Gasteiger partial charge in [-0.1, -0.05) is 0 Å². The van der Waals surface area contributed by atoms with Gasteiger partial charge in [0.05, 0.1) is 0 Å². The molecule has 0 aromatic rings. The molecule has 0 N–H and O–H groups in total. The van der Waals surface area contributed by atoms with Gasteiger partial charge in [0.1, 0.15) is 0 Å². The largest absolute Gasteiger partial charge is 0.343 e. The quantitative estimate of drug-likeness (QED) is 0.765. The summed E-state index contributed by atoms with van der Waals surface area (Å²) in [5, 5.41) is 0. The lowest BCUT2D eigenvalue weighted by Crippen LogP contribution is -2.44. The second kappa shape index (κ2) is 6.21. The zero-order chi connectivity index (χ0) is 13.0. The van der Waals surface area contributed by atoms with Crippen molar-refractivity contribution >= 4 is 11.8 Å². The molecule has 0 spiro atoms. The summed E-state index contributed by atoms with van der Waals surface area (Å²) in [6.07, 6.45) is 6.64. The molecule has 0 aromatic heterocycles. The van der Waals surface area contributed by atoms with Gasteiger partial charge >= 0.3 is 0 Å². The van der Waals surface area contributed by atoms with Crippen LogP contribution in [-0.4, -0.2) is 47.3 Å². The van der Waals surface area contributed by atoms with Crippen LogP contribution >= 0.6 is 0 Å². The van der Waals surface area contributed by atoms with Gasteiger partial charge in [0.25, 0.3) is 0 Å². The van der Waals surface area contributed by atoms with E-state index in [1.54, 1.807) is 0 Å². The van der Waals surface area contributed by atoms with E-state index < -0.39 is 0 Å². The highest BCUT2D eigenvalue weighted by molar-refractivity contribution is 5.77. The van der Waals surface area contributed by atoms with E-state index in [0.717, 1.165) is 51.7 Å². The Morgan fingerprint density at radius 2 is 1.67 bits per heavy atom. The number of carbonyl (C=O) groups excluding carboxylic acids is 2. The third-order valence-corrected chi connectivity index (χ3v) is 4.13. The Labute approximate surface area is 109 Å². The van der Waals surface area contributed by atoms with Crippen LogP contribution in [0.4, 0.5) is 0 Å². The minimum atomic E-state index is 0.271. The fourth-order valence-corrected chi connectivity index (χ4v) is 2.89. The van der Waals surface area contributed by atoms with E-state index in [2.05, 4.69) is 6.92 Å². The predicted molar refractivity (Wildman–Crippen MR) is 70.1 cm³/mol. The number of hydrogen-bond donors (Lipinski definition) is 0. The molecule has 0 aliphatic carbocycles. The maximum Gasteiger partial charge on any atom is 0.222 e. The average molecular weight is 252 g/mol. The van der Waals surface area contributed by atoms with E-state index >= 15 is 0 Å². The zero-order valence-corrected chi connectivity index (χ0v) is 11.4. The van der Waals surface area contributed by atoms with Gasteiger partial charge < -0.3 is 9.80 Å². The lowest BCUT2D eigenvalue weighted by atomic mass is 10.1. The van der Waals surface area contributed by atoms with Gasteiger partial charge in [-0.3, -0.25) is 9.59 Å². The first kappa shape index (κ1) is 13.4. The molecule has 2 aliphatic heterocycles. The van der Waals surface area contributed by atoms with Crippen LogP contribution in [0.2, 0.25) is 0 Å². The Morgan fingerprint density at radius 1 is 1.00 bits per heavy atom. The first-order chi connectivity index (χ1) is 8.68. The lowest BCUT2D eigenvalue weighted by Gasteiger charge is -2.34. The van der Waals surface area contributed by atoms with E-state index in [9.17, 15) is 9.59 Å². The van der Waals surface area contributed by atoms with Gasteiger partial charge in [-0.25, -0.2) is 0 Å². The zero-order valence-electron chi connectivity index (χ0n) is 11.4. The molecule has 2 saturated heterocycles. The number of rotatable bonds is 4. The van der Waals surface area contributed by atoms with Gasteiger partial charge in [0.2, 0.25) is 11.8 Å². The first-order valence-electron chi connectivity index (χ1n) is 7.26. The molecule has 4 nitrogen and oxygen atoms in total. The summed E-state index contributed by atoms with van der Waals surface area (Å²) in [5.74, 6) is 0.581. The molecule has 0 bridgehead atoms. The SMILES string of the molecule is CC(CCN1CCCCC1=O)N1CCCCC1=O. The summed E-state index contributed by atoms with van der Waals surface area (Å²) in [6, 6.07) is 0.271. The highest BCUT2D eigenvalue weighted by Gasteiger charge is 2.24. The second-order valence-electron chi connectivity index (χ2n) is 5.52. The molecule has 18 heavy (non-hydrogen) atoms. The fourth-order valence-electron chi connectivity index (χ4n) is 2.89. The maximum atomic E-state index is 11.8. The molecule has 2 rings (SSSR count). The molecule has 2 amide bonds. The number of hydrogen-bond acceptors (Lipinski definition) is 2. The molecular formula is C14H24N2O2. The van der Waals surface area contributed by atoms with Crippen molar-refractivity contribution in [2.45, 2.75) is 57.9 Å². The summed E-state index contributed by atoms with van der Waals surface area (Å²) in [4.78, 5) is 27.5. The van der Waals surface area contributed by atoms with Crippen LogP contribution in [0.1, 0.15) is 51.9 Å². The summed E-state index contributed by atoms with van der Waals surface area (Å²) < 4.78 is 0. The van der Waals surface area contributed by atoms with Crippen LogP contribution in [-0.2, 0) is 9.59 Å². The van der Waals surface area contributed by atoms with Gasteiger partial charge in [-0.15, -0.1) is 0 Å². The molecule has 4 heteroatoms. The molecule has 102 valence electrons. The Hall–Kier alpha value is -1.06. The van der Waals surface area contributed by atoms with Gasteiger partial charge in [0.15, 0.2) is 0 Å². The van der Waals surface area contributed by atoms with E-state index in [-0.39, 0.29) is 6.04 Å². The van der Waals surface area contributed by atoms with Crippen molar-refractivity contribution in [3.05, 3.63) is 0 Å². The highest BCUT2D eigenvalue weighted by atomic mass is 16.2. The number of amides is 2. The smallest absolute Gasteiger partial charge is 0.222 e. The van der Waals surface area contributed by atoms with Crippen LogP contribution < -0.4 is 0 Å². The normalized spacial score (nSPS) is 23.4. The molecule has 0 aromatic carbocycles. The molecule has 1 atom stereocenters. The number of nitrogens with zero attached hydrogens (tertiary/aromatic N) is 2. The summed E-state index contributed by atoms with van der Waals surface area (Å²) in [7, 11) is 0. The van der Waals surface area contributed by atoms with Crippen molar-refractivity contribution in [1.29, 1.82) is 0 Å². The Morgan fingerprint density at radius 3 is 2.33 bits per heavy atom.